The van der Waals surface area contributed by atoms with Gasteiger partial charge in [-0.15, -0.1) is 0 Å². The fourth-order valence-electron chi connectivity index (χ4n) is 3.21. The average molecular weight is 268 g/mol. The van der Waals surface area contributed by atoms with E-state index in [1.54, 1.807) is 6.07 Å². The average Bonchev–Trinajstić information content (AvgIpc) is 2.91. The van der Waals surface area contributed by atoms with E-state index < -0.39 is 0 Å². The van der Waals surface area contributed by atoms with Crippen LogP contribution < -0.4 is 5.56 Å². The lowest BCUT2D eigenvalue weighted by atomic mass is 10.0. The van der Waals surface area contributed by atoms with Crippen molar-refractivity contribution in [2.24, 2.45) is 0 Å². The van der Waals surface area contributed by atoms with E-state index in [1.807, 2.05) is 6.07 Å². The van der Waals surface area contributed by atoms with Gasteiger partial charge in [0.1, 0.15) is 5.82 Å². The Balaban J connectivity index is 2.12. The van der Waals surface area contributed by atoms with Gasteiger partial charge in [0.25, 0.3) is 5.56 Å². The SMILES string of the molecule is Cc1cccc(C)c1-c1nc(C2CCCC2)cc(=O)[nH]1. The van der Waals surface area contributed by atoms with Crippen molar-refractivity contribution in [2.75, 3.05) is 0 Å². The van der Waals surface area contributed by atoms with Crippen molar-refractivity contribution >= 4 is 0 Å². The van der Waals surface area contributed by atoms with E-state index in [1.165, 1.54) is 12.8 Å². The molecule has 0 atom stereocenters. The van der Waals surface area contributed by atoms with E-state index in [0.29, 0.717) is 5.92 Å². The van der Waals surface area contributed by atoms with Gasteiger partial charge in [0.05, 0.1) is 5.69 Å². The largest absolute Gasteiger partial charge is 0.306 e. The fourth-order valence-corrected chi connectivity index (χ4v) is 3.21. The van der Waals surface area contributed by atoms with Crippen LogP contribution in [-0.4, -0.2) is 9.97 Å². The Morgan fingerprint density at radius 2 is 1.80 bits per heavy atom. The highest BCUT2D eigenvalue weighted by atomic mass is 16.1. The third-order valence-electron chi connectivity index (χ3n) is 4.25. The predicted octanol–water partition coefficient (Wildman–Crippen LogP) is 3.71. The topological polar surface area (TPSA) is 45.8 Å². The van der Waals surface area contributed by atoms with Crippen molar-refractivity contribution in [1.29, 1.82) is 0 Å². The molecule has 1 aliphatic carbocycles. The van der Waals surface area contributed by atoms with E-state index in [9.17, 15) is 4.79 Å². The summed E-state index contributed by atoms with van der Waals surface area (Å²) in [7, 11) is 0. The maximum atomic E-state index is 12.0. The van der Waals surface area contributed by atoms with E-state index in [2.05, 4.69) is 31.0 Å². The molecule has 20 heavy (non-hydrogen) atoms. The molecule has 1 heterocycles. The summed E-state index contributed by atoms with van der Waals surface area (Å²) in [5.74, 6) is 1.18. The van der Waals surface area contributed by atoms with E-state index in [0.717, 1.165) is 41.1 Å². The fraction of sp³-hybridized carbons (Fsp3) is 0.412. The number of hydrogen-bond acceptors (Lipinski definition) is 2. The Hall–Kier alpha value is -1.90. The summed E-state index contributed by atoms with van der Waals surface area (Å²) in [6.07, 6.45) is 4.81. The minimum absolute atomic E-state index is 0.0421. The summed E-state index contributed by atoms with van der Waals surface area (Å²) in [5.41, 5.74) is 4.28. The third-order valence-corrected chi connectivity index (χ3v) is 4.25. The number of aromatic nitrogens is 2. The molecule has 0 saturated heterocycles. The summed E-state index contributed by atoms with van der Waals surface area (Å²) < 4.78 is 0. The van der Waals surface area contributed by atoms with Crippen molar-refractivity contribution < 1.29 is 0 Å². The van der Waals surface area contributed by atoms with Crippen LogP contribution in [0.4, 0.5) is 0 Å². The molecule has 0 radical (unpaired) electrons. The van der Waals surface area contributed by atoms with Gasteiger partial charge in [-0.25, -0.2) is 4.98 Å². The summed E-state index contributed by atoms with van der Waals surface area (Å²) in [6.45, 7) is 4.12. The Bertz CT molecular complexity index is 661. The van der Waals surface area contributed by atoms with Crippen LogP contribution in [0.3, 0.4) is 0 Å². The first-order chi connectivity index (χ1) is 9.65. The molecular formula is C17H20N2O. The van der Waals surface area contributed by atoms with Crippen LogP contribution in [0.25, 0.3) is 11.4 Å². The molecule has 1 aromatic heterocycles. The maximum absolute atomic E-state index is 12.0. The molecule has 3 heteroatoms. The van der Waals surface area contributed by atoms with Gasteiger partial charge in [-0.1, -0.05) is 31.0 Å². The van der Waals surface area contributed by atoms with Crippen molar-refractivity contribution in [3.8, 4) is 11.4 Å². The summed E-state index contributed by atoms with van der Waals surface area (Å²) in [5, 5.41) is 0. The zero-order valence-electron chi connectivity index (χ0n) is 12.1. The van der Waals surface area contributed by atoms with E-state index in [-0.39, 0.29) is 5.56 Å². The second-order valence-electron chi connectivity index (χ2n) is 5.77. The first-order valence-electron chi connectivity index (χ1n) is 7.33. The summed E-state index contributed by atoms with van der Waals surface area (Å²) in [4.78, 5) is 19.6. The lowest BCUT2D eigenvalue weighted by Gasteiger charge is -2.12. The maximum Gasteiger partial charge on any atom is 0.251 e. The normalized spacial score (nSPS) is 15.7. The van der Waals surface area contributed by atoms with Crippen molar-refractivity contribution in [1.82, 2.24) is 9.97 Å². The summed E-state index contributed by atoms with van der Waals surface area (Å²) in [6, 6.07) is 7.83. The first kappa shape index (κ1) is 13.1. The Morgan fingerprint density at radius 1 is 1.15 bits per heavy atom. The van der Waals surface area contributed by atoms with Crippen LogP contribution >= 0.6 is 0 Å². The molecule has 0 amide bonds. The van der Waals surface area contributed by atoms with Gasteiger partial charge in [0.15, 0.2) is 0 Å². The van der Waals surface area contributed by atoms with Crippen LogP contribution in [0.5, 0.6) is 0 Å². The number of nitrogens with zero attached hydrogens (tertiary/aromatic N) is 1. The first-order valence-corrected chi connectivity index (χ1v) is 7.33. The van der Waals surface area contributed by atoms with Gasteiger partial charge >= 0.3 is 0 Å². The highest BCUT2D eigenvalue weighted by Gasteiger charge is 2.20. The number of aromatic amines is 1. The van der Waals surface area contributed by atoms with Gasteiger partial charge in [-0.3, -0.25) is 4.79 Å². The standard InChI is InChI=1S/C17H20N2O/c1-11-6-5-7-12(2)16(11)17-18-14(10-15(20)19-17)13-8-3-4-9-13/h5-7,10,13H,3-4,8-9H2,1-2H3,(H,18,19,20). The third kappa shape index (κ3) is 2.40. The smallest absolute Gasteiger partial charge is 0.251 e. The monoisotopic (exact) mass is 268 g/mol. The molecule has 3 rings (SSSR count). The quantitative estimate of drug-likeness (QED) is 0.902. The number of aryl methyl sites for hydroxylation is 2. The molecule has 104 valence electrons. The van der Waals surface area contributed by atoms with Gasteiger partial charge in [-0.05, 0) is 37.8 Å². The number of nitrogens with one attached hydrogen (secondary N) is 1. The second kappa shape index (κ2) is 5.23. The molecule has 1 N–H and O–H groups in total. The minimum Gasteiger partial charge on any atom is -0.306 e. The van der Waals surface area contributed by atoms with Crippen molar-refractivity contribution in [2.45, 2.75) is 45.4 Å². The molecule has 1 fully saturated rings. The number of benzene rings is 1. The van der Waals surface area contributed by atoms with Gasteiger partial charge in [0, 0.05) is 17.5 Å². The zero-order valence-corrected chi connectivity index (χ0v) is 12.1. The Kier molecular flexibility index (Phi) is 3.43. The molecule has 0 spiro atoms. The van der Waals surface area contributed by atoms with Crippen LogP contribution in [0.15, 0.2) is 29.1 Å². The van der Waals surface area contributed by atoms with Crippen LogP contribution in [-0.2, 0) is 0 Å². The lowest BCUT2D eigenvalue weighted by Crippen LogP contribution is -2.13. The molecule has 1 aliphatic rings. The molecule has 1 aromatic carbocycles. The van der Waals surface area contributed by atoms with Crippen LogP contribution in [0.1, 0.15) is 48.4 Å². The lowest BCUT2D eigenvalue weighted by molar-refractivity contribution is 0.693. The Morgan fingerprint density at radius 3 is 2.45 bits per heavy atom. The van der Waals surface area contributed by atoms with Gasteiger partial charge in [-0.2, -0.15) is 0 Å². The Labute approximate surface area is 119 Å². The minimum atomic E-state index is -0.0421. The number of H-pyrrole nitrogens is 1. The molecular weight excluding hydrogens is 248 g/mol. The highest BCUT2D eigenvalue weighted by molar-refractivity contribution is 5.64. The van der Waals surface area contributed by atoms with Crippen molar-refractivity contribution in [3.63, 3.8) is 0 Å². The number of rotatable bonds is 2. The second-order valence-corrected chi connectivity index (χ2v) is 5.77. The molecule has 3 nitrogen and oxygen atoms in total. The van der Waals surface area contributed by atoms with Gasteiger partial charge < -0.3 is 4.98 Å². The van der Waals surface area contributed by atoms with Crippen molar-refractivity contribution in [3.05, 3.63) is 51.4 Å². The predicted molar refractivity (Wildman–Crippen MR) is 81.0 cm³/mol. The van der Waals surface area contributed by atoms with Crippen LogP contribution in [0, 0.1) is 13.8 Å². The molecule has 2 aromatic rings. The molecule has 0 aliphatic heterocycles. The van der Waals surface area contributed by atoms with Crippen LogP contribution in [0.2, 0.25) is 0 Å². The molecule has 0 bridgehead atoms. The molecule has 1 saturated carbocycles. The molecule has 0 unspecified atom stereocenters. The zero-order chi connectivity index (χ0) is 14.1. The van der Waals surface area contributed by atoms with E-state index in [4.69, 9.17) is 4.98 Å². The van der Waals surface area contributed by atoms with Gasteiger partial charge in [0.2, 0.25) is 0 Å². The highest BCUT2D eigenvalue weighted by Crippen LogP contribution is 2.33. The summed E-state index contributed by atoms with van der Waals surface area (Å²) >= 11 is 0. The number of hydrogen-bond donors (Lipinski definition) is 1. The van der Waals surface area contributed by atoms with E-state index >= 15 is 0 Å².